The van der Waals surface area contributed by atoms with Crippen molar-refractivity contribution in [2.75, 3.05) is 0 Å². The van der Waals surface area contributed by atoms with E-state index in [1.165, 1.54) is 0 Å². The number of hydrogen-bond acceptors (Lipinski definition) is 2. The third-order valence-corrected chi connectivity index (χ3v) is 2.89. The number of allylic oxidation sites excluding steroid dienone is 1. The van der Waals surface area contributed by atoms with Gasteiger partial charge in [0.2, 0.25) is 0 Å². The van der Waals surface area contributed by atoms with Crippen LogP contribution >= 0.6 is 11.6 Å². The molecule has 1 unspecified atom stereocenters. The Morgan fingerprint density at radius 2 is 2.31 bits per heavy atom. The summed E-state index contributed by atoms with van der Waals surface area (Å²) in [5.41, 5.74) is 0.420. The predicted octanol–water partition coefficient (Wildman–Crippen LogP) is 3.70. The summed E-state index contributed by atoms with van der Waals surface area (Å²) in [6.07, 6.45) is 7.47. The van der Waals surface area contributed by atoms with E-state index in [2.05, 4.69) is 12.1 Å². The van der Waals surface area contributed by atoms with Gasteiger partial charge in [0.15, 0.2) is 0 Å². The smallest absolute Gasteiger partial charge is 0.139 e. The normalized spacial score (nSPS) is 19.1. The van der Waals surface area contributed by atoms with Crippen LogP contribution in [-0.2, 0) is 0 Å². The minimum Gasteiger partial charge on any atom is -0.485 e. The Bertz CT molecular complexity index is 448. The summed E-state index contributed by atoms with van der Waals surface area (Å²) in [6, 6.07) is 7.35. The molecule has 0 saturated carbocycles. The maximum absolute atomic E-state index is 9.00. The Hall–Kier alpha value is -1.46. The molecule has 0 amide bonds. The van der Waals surface area contributed by atoms with Gasteiger partial charge in [0.1, 0.15) is 23.5 Å². The van der Waals surface area contributed by atoms with Crippen molar-refractivity contribution < 1.29 is 4.74 Å². The Morgan fingerprint density at radius 3 is 3.00 bits per heavy atom. The van der Waals surface area contributed by atoms with Crippen molar-refractivity contribution in [3.63, 3.8) is 0 Å². The first-order chi connectivity index (χ1) is 7.81. The van der Waals surface area contributed by atoms with Gasteiger partial charge in [-0.3, -0.25) is 0 Å². The maximum atomic E-state index is 9.00. The summed E-state index contributed by atoms with van der Waals surface area (Å²) in [4.78, 5) is 0. The summed E-state index contributed by atoms with van der Waals surface area (Å²) in [5, 5.41) is 9.44. The zero-order valence-electron chi connectivity index (χ0n) is 8.82. The standard InChI is InChI=1S/C13H12ClNO/c14-12-7-4-8-13(11(12)9-15)16-10-5-2-1-3-6-10/h2,4-5,7-8,10H,1,3,6H2. The van der Waals surface area contributed by atoms with Crippen molar-refractivity contribution >= 4 is 11.6 Å². The van der Waals surface area contributed by atoms with E-state index in [1.54, 1.807) is 18.2 Å². The molecule has 1 aliphatic rings. The Labute approximate surface area is 100 Å². The Balaban J connectivity index is 2.21. The maximum Gasteiger partial charge on any atom is 0.139 e. The zero-order valence-corrected chi connectivity index (χ0v) is 9.57. The van der Waals surface area contributed by atoms with Crippen LogP contribution in [0.5, 0.6) is 5.75 Å². The second kappa shape index (κ2) is 5.05. The summed E-state index contributed by atoms with van der Waals surface area (Å²) in [5.74, 6) is 0.576. The number of halogens is 1. The molecular weight excluding hydrogens is 222 g/mol. The molecule has 0 aromatic heterocycles. The highest BCUT2D eigenvalue weighted by molar-refractivity contribution is 6.31. The molecule has 2 rings (SSSR count). The fraction of sp³-hybridized carbons (Fsp3) is 0.308. The van der Waals surface area contributed by atoms with Crippen molar-refractivity contribution in [2.24, 2.45) is 0 Å². The molecule has 0 aliphatic heterocycles. The molecule has 1 aromatic rings. The fourth-order valence-corrected chi connectivity index (χ4v) is 1.96. The fourth-order valence-electron chi connectivity index (χ4n) is 1.75. The first-order valence-electron chi connectivity index (χ1n) is 5.33. The zero-order chi connectivity index (χ0) is 11.4. The van der Waals surface area contributed by atoms with Crippen LogP contribution in [0.15, 0.2) is 30.4 Å². The highest BCUT2D eigenvalue weighted by Gasteiger charge is 2.13. The van der Waals surface area contributed by atoms with Gasteiger partial charge in [0, 0.05) is 0 Å². The van der Waals surface area contributed by atoms with Gasteiger partial charge in [-0.2, -0.15) is 5.26 Å². The van der Waals surface area contributed by atoms with Crippen molar-refractivity contribution in [3.8, 4) is 11.8 Å². The minimum absolute atomic E-state index is 0.0688. The number of ether oxygens (including phenoxy) is 1. The third-order valence-electron chi connectivity index (χ3n) is 2.58. The van der Waals surface area contributed by atoms with Gasteiger partial charge in [0.05, 0.1) is 5.02 Å². The molecule has 0 bridgehead atoms. The van der Waals surface area contributed by atoms with E-state index in [0.29, 0.717) is 16.3 Å². The molecule has 0 N–H and O–H groups in total. The van der Waals surface area contributed by atoms with Gasteiger partial charge in [-0.15, -0.1) is 0 Å². The van der Waals surface area contributed by atoms with E-state index in [0.717, 1.165) is 19.3 Å². The van der Waals surface area contributed by atoms with E-state index in [9.17, 15) is 0 Å². The SMILES string of the molecule is N#Cc1c(Cl)cccc1OC1C=CCCC1. The van der Waals surface area contributed by atoms with Gasteiger partial charge in [-0.1, -0.05) is 23.7 Å². The molecule has 1 aromatic carbocycles. The van der Waals surface area contributed by atoms with E-state index >= 15 is 0 Å². The second-order valence-corrected chi connectivity index (χ2v) is 4.15. The van der Waals surface area contributed by atoms with Crippen molar-refractivity contribution in [2.45, 2.75) is 25.4 Å². The van der Waals surface area contributed by atoms with Gasteiger partial charge < -0.3 is 4.74 Å². The molecule has 0 saturated heterocycles. The van der Waals surface area contributed by atoms with Gasteiger partial charge in [-0.25, -0.2) is 0 Å². The largest absolute Gasteiger partial charge is 0.485 e. The number of benzene rings is 1. The molecule has 3 heteroatoms. The van der Waals surface area contributed by atoms with Gasteiger partial charge in [0.25, 0.3) is 0 Å². The monoisotopic (exact) mass is 233 g/mol. The van der Waals surface area contributed by atoms with E-state index < -0.39 is 0 Å². The second-order valence-electron chi connectivity index (χ2n) is 3.74. The van der Waals surface area contributed by atoms with Crippen LogP contribution in [0, 0.1) is 11.3 Å². The number of hydrogen-bond donors (Lipinski definition) is 0. The average Bonchev–Trinajstić information content (AvgIpc) is 2.31. The van der Waals surface area contributed by atoms with Crippen LogP contribution in [0.25, 0.3) is 0 Å². The summed E-state index contributed by atoms with van der Waals surface area (Å²) in [7, 11) is 0. The highest BCUT2D eigenvalue weighted by atomic mass is 35.5. The number of nitrogens with zero attached hydrogens (tertiary/aromatic N) is 1. The Morgan fingerprint density at radius 1 is 1.44 bits per heavy atom. The van der Waals surface area contributed by atoms with E-state index in [1.807, 2.05) is 6.08 Å². The molecule has 16 heavy (non-hydrogen) atoms. The molecule has 0 spiro atoms. The summed E-state index contributed by atoms with van der Waals surface area (Å²) >= 11 is 5.93. The lowest BCUT2D eigenvalue weighted by Crippen LogP contribution is -2.16. The number of nitriles is 1. The lowest BCUT2D eigenvalue weighted by atomic mass is 10.1. The molecule has 2 nitrogen and oxygen atoms in total. The first-order valence-corrected chi connectivity index (χ1v) is 5.71. The van der Waals surface area contributed by atoms with Crippen LogP contribution in [0.4, 0.5) is 0 Å². The van der Waals surface area contributed by atoms with Crippen LogP contribution < -0.4 is 4.74 Å². The lowest BCUT2D eigenvalue weighted by Gasteiger charge is -2.19. The molecule has 0 radical (unpaired) electrons. The first kappa shape index (κ1) is 11.0. The predicted molar refractivity (Wildman–Crippen MR) is 63.6 cm³/mol. The minimum atomic E-state index is 0.0688. The lowest BCUT2D eigenvalue weighted by molar-refractivity contribution is 0.229. The van der Waals surface area contributed by atoms with Crippen molar-refractivity contribution in [1.82, 2.24) is 0 Å². The highest BCUT2D eigenvalue weighted by Crippen LogP contribution is 2.27. The topological polar surface area (TPSA) is 33.0 Å². The van der Waals surface area contributed by atoms with Gasteiger partial charge >= 0.3 is 0 Å². The molecule has 0 fully saturated rings. The number of rotatable bonds is 2. The quantitative estimate of drug-likeness (QED) is 0.730. The van der Waals surface area contributed by atoms with Gasteiger partial charge in [-0.05, 0) is 37.5 Å². The molecule has 0 heterocycles. The van der Waals surface area contributed by atoms with Crippen LogP contribution in [-0.4, -0.2) is 6.10 Å². The van der Waals surface area contributed by atoms with E-state index in [-0.39, 0.29) is 6.10 Å². The Kier molecular flexibility index (Phi) is 3.48. The summed E-state index contributed by atoms with van der Waals surface area (Å²) in [6.45, 7) is 0. The van der Waals surface area contributed by atoms with Crippen molar-refractivity contribution in [1.29, 1.82) is 5.26 Å². The average molecular weight is 234 g/mol. The van der Waals surface area contributed by atoms with E-state index in [4.69, 9.17) is 21.6 Å². The van der Waals surface area contributed by atoms with Crippen LogP contribution in [0.2, 0.25) is 5.02 Å². The van der Waals surface area contributed by atoms with Crippen LogP contribution in [0.1, 0.15) is 24.8 Å². The van der Waals surface area contributed by atoms with Crippen LogP contribution in [0.3, 0.4) is 0 Å². The molecular formula is C13H12ClNO. The third kappa shape index (κ3) is 2.37. The summed E-state index contributed by atoms with van der Waals surface area (Å²) < 4.78 is 5.76. The molecule has 1 aliphatic carbocycles. The molecule has 1 atom stereocenters. The van der Waals surface area contributed by atoms with Crippen molar-refractivity contribution in [3.05, 3.63) is 40.9 Å². The molecule has 82 valence electrons.